The summed E-state index contributed by atoms with van der Waals surface area (Å²) in [6.45, 7) is 15.8. The van der Waals surface area contributed by atoms with Crippen molar-refractivity contribution in [2.75, 3.05) is 46.0 Å². The fourth-order valence-corrected chi connectivity index (χ4v) is 4.55. The third kappa shape index (κ3) is 6.25. The van der Waals surface area contributed by atoms with E-state index in [0.717, 1.165) is 73.9 Å². The summed E-state index contributed by atoms with van der Waals surface area (Å²) in [6, 6.07) is 7.77. The molecule has 10 heteroatoms. The van der Waals surface area contributed by atoms with Crippen LogP contribution in [-0.4, -0.2) is 71.2 Å². The molecular weight excluding hydrogens is 446 g/mol. The minimum Gasteiger partial charge on any atom is -0.494 e. The van der Waals surface area contributed by atoms with Crippen LogP contribution >= 0.6 is 0 Å². The number of benzene rings is 1. The highest BCUT2D eigenvalue weighted by Gasteiger charge is 2.27. The number of H-pyrrole nitrogens is 1. The van der Waals surface area contributed by atoms with Gasteiger partial charge in [-0.25, -0.2) is 4.68 Å². The van der Waals surface area contributed by atoms with Gasteiger partial charge in [-0.3, -0.25) is 4.79 Å². The largest absolute Gasteiger partial charge is 0.494 e. The number of aromatic nitrogens is 5. The smallest absolute Gasteiger partial charge is 0.257 e. The molecule has 1 aliphatic rings. The van der Waals surface area contributed by atoms with Crippen LogP contribution in [0.4, 0.5) is 0 Å². The molecule has 3 heterocycles. The Balaban J connectivity index is 1.59. The number of nitrogens with zero attached hydrogens (tertiary/aromatic N) is 4. The van der Waals surface area contributed by atoms with Gasteiger partial charge in [0.05, 0.1) is 30.9 Å². The van der Waals surface area contributed by atoms with Crippen LogP contribution in [0.1, 0.15) is 45.5 Å². The van der Waals surface area contributed by atoms with Crippen LogP contribution in [0.15, 0.2) is 29.1 Å². The number of hydrogen-bond donors (Lipinski definition) is 3. The lowest BCUT2D eigenvalue weighted by atomic mass is 10.0. The number of morpholine rings is 1. The van der Waals surface area contributed by atoms with Gasteiger partial charge in [0.2, 0.25) is 5.82 Å². The zero-order chi connectivity index (χ0) is 24.8. The first kappa shape index (κ1) is 25.3. The SMILES string of the molecule is CCOc1ccc2[nH]c(=O)c(C[NH+](CC[NH+]3CCOCC3)Cc3nnnn3C(C)(C)CC)cc2c1. The fourth-order valence-electron chi connectivity index (χ4n) is 4.55. The lowest BCUT2D eigenvalue weighted by Gasteiger charge is -2.27. The van der Waals surface area contributed by atoms with E-state index in [2.05, 4.69) is 41.3 Å². The maximum Gasteiger partial charge on any atom is 0.257 e. The van der Waals surface area contributed by atoms with Gasteiger partial charge < -0.3 is 24.3 Å². The van der Waals surface area contributed by atoms with E-state index in [1.165, 1.54) is 9.80 Å². The van der Waals surface area contributed by atoms with Crippen LogP contribution in [0.5, 0.6) is 5.75 Å². The monoisotopic (exact) mass is 485 g/mol. The Kier molecular flexibility index (Phi) is 8.15. The Morgan fingerprint density at radius 3 is 2.74 bits per heavy atom. The van der Waals surface area contributed by atoms with Crippen molar-refractivity contribution in [3.8, 4) is 5.75 Å². The number of tetrazole rings is 1. The molecule has 1 fully saturated rings. The molecule has 1 aromatic carbocycles. The standard InChI is InChI=1S/C25H37N7O3/c1-5-25(3,4)32-23(27-28-29-32)18-31(10-9-30-11-13-34-14-12-30)17-20-15-19-16-21(35-6-2)7-8-22(19)26-24(20)33/h7-8,15-16H,5-6,9-14,17-18H2,1-4H3,(H,26,33)/p+2. The third-order valence-corrected chi connectivity index (χ3v) is 7.06. The minimum absolute atomic E-state index is 0.0497. The van der Waals surface area contributed by atoms with Crippen molar-refractivity contribution < 1.29 is 19.3 Å². The topological polar surface area (TPSA) is 104 Å². The molecule has 35 heavy (non-hydrogen) atoms. The second-order valence-electron chi connectivity index (χ2n) is 9.94. The van der Waals surface area contributed by atoms with Gasteiger partial charge in [0, 0.05) is 10.9 Å². The van der Waals surface area contributed by atoms with Gasteiger partial charge in [0.25, 0.3) is 5.56 Å². The van der Waals surface area contributed by atoms with Gasteiger partial charge in [-0.2, -0.15) is 0 Å². The average Bonchev–Trinajstić information content (AvgIpc) is 3.33. The lowest BCUT2D eigenvalue weighted by Crippen LogP contribution is -3.20. The van der Waals surface area contributed by atoms with Crippen molar-refractivity contribution in [2.24, 2.45) is 0 Å². The van der Waals surface area contributed by atoms with E-state index in [1.807, 2.05) is 35.9 Å². The van der Waals surface area contributed by atoms with Crippen LogP contribution in [0.2, 0.25) is 0 Å². The van der Waals surface area contributed by atoms with Crippen molar-refractivity contribution >= 4 is 10.9 Å². The number of aromatic amines is 1. The molecule has 3 aromatic rings. The van der Waals surface area contributed by atoms with Gasteiger partial charge in [-0.05, 0) is 61.9 Å². The molecular formula is C25H39N7O3+2. The maximum atomic E-state index is 13.0. The summed E-state index contributed by atoms with van der Waals surface area (Å²) in [5.41, 5.74) is 1.35. The molecule has 1 saturated heterocycles. The lowest BCUT2D eigenvalue weighted by molar-refractivity contribution is -0.975. The summed E-state index contributed by atoms with van der Waals surface area (Å²) in [4.78, 5) is 18.8. The Hall–Kier alpha value is -2.82. The van der Waals surface area contributed by atoms with Gasteiger partial charge >= 0.3 is 0 Å². The number of rotatable bonds is 11. The normalized spacial score (nSPS) is 16.0. The number of nitrogens with one attached hydrogen (secondary N) is 3. The number of quaternary nitrogens is 2. The number of fused-ring (bicyclic) bond motifs is 1. The first-order chi connectivity index (χ1) is 16.9. The molecule has 0 aliphatic carbocycles. The Morgan fingerprint density at radius 2 is 2.00 bits per heavy atom. The number of ether oxygens (including phenoxy) is 2. The molecule has 0 radical (unpaired) electrons. The summed E-state index contributed by atoms with van der Waals surface area (Å²) in [6.07, 6.45) is 0.921. The van der Waals surface area contributed by atoms with Crippen LogP contribution in [0.3, 0.4) is 0 Å². The summed E-state index contributed by atoms with van der Waals surface area (Å²) in [5, 5.41) is 13.6. The second-order valence-corrected chi connectivity index (χ2v) is 9.94. The van der Waals surface area contributed by atoms with E-state index in [9.17, 15) is 4.79 Å². The van der Waals surface area contributed by atoms with E-state index in [0.29, 0.717) is 19.7 Å². The number of hydrogen-bond acceptors (Lipinski definition) is 6. The van der Waals surface area contributed by atoms with Crippen molar-refractivity contribution in [1.29, 1.82) is 0 Å². The molecule has 0 amide bonds. The predicted molar refractivity (Wildman–Crippen MR) is 133 cm³/mol. The first-order valence-electron chi connectivity index (χ1n) is 12.7. The minimum atomic E-state index is -0.171. The van der Waals surface area contributed by atoms with E-state index in [-0.39, 0.29) is 11.1 Å². The Labute approximate surface area is 206 Å². The number of pyridine rings is 1. The molecule has 0 bridgehead atoms. The maximum absolute atomic E-state index is 13.0. The Morgan fingerprint density at radius 1 is 1.20 bits per heavy atom. The zero-order valence-electron chi connectivity index (χ0n) is 21.4. The van der Waals surface area contributed by atoms with Gasteiger partial charge in [0.1, 0.15) is 45.0 Å². The summed E-state index contributed by atoms with van der Waals surface area (Å²) in [5.74, 6) is 1.65. The molecule has 2 aromatic heterocycles. The molecule has 0 spiro atoms. The molecule has 1 aliphatic heterocycles. The average molecular weight is 486 g/mol. The molecule has 1 atom stereocenters. The van der Waals surface area contributed by atoms with E-state index in [4.69, 9.17) is 9.47 Å². The van der Waals surface area contributed by atoms with Crippen LogP contribution < -0.4 is 20.1 Å². The molecule has 3 N–H and O–H groups in total. The van der Waals surface area contributed by atoms with Crippen LogP contribution in [0, 0.1) is 0 Å². The summed E-state index contributed by atoms with van der Waals surface area (Å²) >= 11 is 0. The van der Waals surface area contributed by atoms with E-state index < -0.39 is 0 Å². The van der Waals surface area contributed by atoms with Gasteiger partial charge in [-0.15, -0.1) is 5.10 Å². The van der Waals surface area contributed by atoms with Crippen molar-refractivity contribution in [3.63, 3.8) is 0 Å². The predicted octanol–water partition coefficient (Wildman–Crippen LogP) is -0.441. The molecule has 0 saturated carbocycles. The fraction of sp³-hybridized carbons (Fsp3) is 0.600. The highest BCUT2D eigenvalue weighted by atomic mass is 16.5. The third-order valence-electron chi connectivity index (χ3n) is 7.06. The molecule has 4 rings (SSSR count). The summed E-state index contributed by atoms with van der Waals surface area (Å²) < 4.78 is 13.1. The van der Waals surface area contributed by atoms with Crippen molar-refractivity contribution in [1.82, 2.24) is 25.2 Å². The molecule has 1 unspecified atom stereocenters. The Bertz CT molecular complexity index is 1170. The first-order valence-corrected chi connectivity index (χ1v) is 12.7. The van der Waals surface area contributed by atoms with Gasteiger partial charge in [0.15, 0.2) is 0 Å². The van der Waals surface area contributed by atoms with Crippen molar-refractivity contribution in [2.45, 2.75) is 52.7 Å². The zero-order valence-corrected chi connectivity index (χ0v) is 21.4. The van der Waals surface area contributed by atoms with E-state index >= 15 is 0 Å². The van der Waals surface area contributed by atoms with Crippen LogP contribution in [-0.2, 0) is 23.4 Å². The van der Waals surface area contributed by atoms with Crippen molar-refractivity contribution in [3.05, 3.63) is 46.0 Å². The van der Waals surface area contributed by atoms with Crippen LogP contribution in [0.25, 0.3) is 10.9 Å². The van der Waals surface area contributed by atoms with Gasteiger partial charge in [-0.1, -0.05) is 6.92 Å². The summed E-state index contributed by atoms with van der Waals surface area (Å²) in [7, 11) is 0. The highest BCUT2D eigenvalue weighted by molar-refractivity contribution is 5.80. The molecule has 190 valence electrons. The highest BCUT2D eigenvalue weighted by Crippen LogP contribution is 2.20. The molecule has 10 nitrogen and oxygen atoms in total. The second kappa shape index (κ2) is 11.3. The van der Waals surface area contributed by atoms with E-state index in [1.54, 1.807) is 0 Å². The quantitative estimate of drug-likeness (QED) is 0.340.